The van der Waals surface area contributed by atoms with Crippen molar-refractivity contribution in [2.45, 2.75) is 102 Å². The zero-order valence-corrected chi connectivity index (χ0v) is 41.8. The predicted octanol–water partition coefficient (Wildman–Crippen LogP) is 12.6. The summed E-state index contributed by atoms with van der Waals surface area (Å²) >= 11 is 0. The van der Waals surface area contributed by atoms with Crippen molar-refractivity contribution in [3.8, 4) is 28.4 Å². The summed E-state index contributed by atoms with van der Waals surface area (Å²) in [6.07, 6.45) is 7.89. The van der Waals surface area contributed by atoms with Gasteiger partial charge in [0.1, 0.15) is 41.3 Å². The predicted molar refractivity (Wildman–Crippen MR) is 277 cm³/mol. The van der Waals surface area contributed by atoms with E-state index < -0.39 is 35.3 Å². The van der Waals surface area contributed by atoms with Gasteiger partial charge in [-0.25, -0.2) is 9.18 Å². The van der Waals surface area contributed by atoms with Crippen molar-refractivity contribution in [1.29, 1.82) is 0 Å². The summed E-state index contributed by atoms with van der Waals surface area (Å²) in [5, 5.41) is 25.1. The summed E-state index contributed by atoms with van der Waals surface area (Å²) < 4.78 is 47.8. The van der Waals surface area contributed by atoms with Crippen LogP contribution in [0.2, 0.25) is 0 Å². The first-order valence-electron chi connectivity index (χ1n) is 25.4. The Morgan fingerprint density at radius 1 is 0.833 bits per heavy atom. The van der Waals surface area contributed by atoms with E-state index in [9.17, 15) is 14.6 Å². The number of hydrogen-bond acceptors (Lipinski definition) is 10. The summed E-state index contributed by atoms with van der Waals surface area (Å²) in [4.78, 5) is 22.9. The molecule has 2 N–H and O–H groups in total. The number of oxime groups is 1. The van der Waals surface area contributed by atoms with Crippen LogP contribution in [0.25, 0.3) is 11.1 Å². The minimum Gasteiger partial charge on any atom is -0.459 e. The monoisotopic (exact) mass is 980 g/mol. The van der Waals surface area contributed by atoms with Crippen molar-refractivity contribution in [3.05, 3.63) is 174 Å². The Kier molecular flexibility index (Phi) is 17.6. The van der Waals surface area contributed by atoms with Crippen LogP contribution in [0.1, 0.15) is 88.3 Å². The molecular weight excluding hydrogens is 912 g/mol. The molecule has 3 aliphatic rings. The molecule has 6 atom stereocenters. The molecule has 0 bridgehead atoms. The molecule has 2 aliphatic carbocycles. The van der Waals surface area contributed by atoms with Gasteiger partial charge in [0.05, 0.1) is 31.5 Å². The van der Waals surface area contributed by atoms with Crippen LogP contribution in [0.4, 0.5) is 9.18 Å². The van der Waals surface area contributed by atoms with Gasteiger partial charge < -0.3 is 38.7 Å². The summed E-state index contributed by atoms with van der Waals surface area (Å²) in [5.41, 5.74) is 5.65. The van der Waals surface area contributed by atoms with Crippen molar-refractivity contribution >= 4 is 11.8 Å². The molecule has 0 aromatic heterocycles. The molecule has 1 amide bonds. The van der Waals surface area contributed by atoms with E-state index in [0.717, 1.165) is 53.5 Å². The fraction of sp³-hybridized carbons (Fsp3) is 0.400. The second-order valence-electron chi connectivity index (χ2n) is 19.9. The van der Waals surface area contributed by atoms with Gasteiger partial charge >= 0.3 is 6.09 Å². The fourth-order valence-electron chi connectivity index (χ4n) is 10.5. The fourth-order valence-corrected chi connectivity index (χ4v) is 10.5. The summed E-state index contributed by atoms with van der Waals surface area (Å²) in [6.45, 7) is 10.6. The van der Waals surface area contributed by atoms with Gasteiger partial charge in [0.15, 0.2) is 0 Å². The molecule has 0 unspecified atom stereocenters. The van der Waals surface area contributed by atoms with Crippen LogP contribution in [0.15, 0.2) is 157 Å². The van der Waals surface area contributed by atoms with Gasteiger partial charge in [0, 0.05) is 37.7 Å². The highest BCUT2D eigenvalue weighted by molar-refractivity contribution is 6.03. The Morgan fingerprint density at radius 3 is 2.21 bits per heavy atom. The first-order chi connectivity index (χ1) is 35.0. The number of nitrogens with zero attached hydrogens (tertiary/aromatic N) is 2. The molecule has 11 nitrogen and oxygen atoms in total. The van der Waals surface area contributed by atoms with Gasteiger partial charge in [-0.15, -0.1) is 6.58 Å². The number of benzene rings is 5. The third-order valence-electron chi connectivity index (χ3n) is 13.7. The lowest BCUT2D eigenvalue weighted by Gasteiger charge is -2.60. The lowest BCUT2D eigenvalue weighted by molar-refractivity contribution is -0.256. The third-order valence-corrected chi connectivity index (χ3v) is 13.7. The highest BCUT2D eigenvalue weighted by Gasteiger charge is 2.66. The molecule has 1 aliphatic heterocycles. The number of carbonyl (C=O) groups is 1. The van der Waals surface area contributed by atoms with E-state index in [1.165, 1.54) is 12.1 Å². The number of aliphatic hydroxyl groups is 2. The first kappa shape index (κ1) is 52.0. The van der Waals surface area contributed by atoms with E-state index in [-0.39, 0.29) is 63.8 Å². The molecule has 5 aromatic rings. The van der Waals surface area contributed by atoms with Gasteiger partial charge in [0.25, 0.3) is 0 Å². The number of ether oxygens (including phenoxy) is 5. The molecule has 72 heavy (non-hydrogen) atoms. The smallest absolute Gasteiger partial charge is 0.410 e. The molecule has 0 saturated heterocycles. The first-order valence-corrected chi connectivity index (χ1v) is 25.4. The average Bonchev–Trinajstić information content (AvgIpc) is 3.39. The number of aliphatic hydroxyl groups excluding tert-OH is 2. The van der Waals surface area contributed by atoms with Gasteiger partial charge in [-0.3, -0.25) is 4.90 Å². The van der Waals surface area contributed by atoms with Crippen molar-refractivity contribution in [3.63, 3.8) is 0 Å². The van der Waals surface area contributed by atoms with Crippen molar-refractivity contribution in [2.75, 3.05) is 33.0 Å². The summed E-state index contributed by atoms with van der Waals surface area (Å²) in [6, 6.07) is 39.1. The van der Waals surface area contributed by atoms with Crippen molar-refractivity contribution in [2.24, 2.45) is 22.9 Å². The topological polar surface area (TPSA) is 129 Å². The second-order valence-corrected chi connectivity index (χ2v) is 19.9. The van der Waals surface area contributed by atoms with E-state index in [0.29, 0.717) is 48.0 Å². The molecule has 380 valence electrons. The van der Waals surface area contributed by atoms with Gasteiger partial charge in [-0.1, -0.05) is 115 Å². The minimum absolute atomic E-state index is 0.0125. The Balaban J connectivity index is 1.26. The maximum Gasteiger partial charge on any atom is 0.410 e. The van der Waals surface area contributed by atoms with E-state index in [4.69, 9.17) is 33.7 Å². The van der Waals surface area contributed by atoms with Gasteiger partial charge in [0.2, 0.25) is 5.79 Å². The number of rotatable bonds is 23. The largest absolute Gasteiger partial charge is 0.459 e. The minimum atomic E-state index is -1.55. The number of carbonyl (C=O) groups excluding carboxylic acids is 1. The van der Waals surface area contributed by atoms with Crippen LogP contribution < -0.4 is 9.47 Å². The molecular formula is C60H69FN2O9. The Hall–Kier alpha value is -6.31. The van der Waals surface area contributed by atoms with E-state index >= 15 is 4.79 Å². The molecule has 1 fully saturated rings. The van der Waals surface area contributed by atoms with Crippen molar-refractivity contribution < 1.29 is 47.9 Å². The molecule has 0 spiro atoms. The Morgan fingerprint density at radius 2 is 1.51 bits per heavy atom. The zero-order chi connectivity index (χ0) is 50.5. The molecule has 12 heteroatoms. The van der Waals surface area contributed by atoms with Crippen LogP contribution in [0, 0.1) is 23.6 Å². The van der Waals surface area contributed by atoms with E-state index in [2.05, 4.69) is 30.9 Å². The lowest BCUT2D eigenvalue weighted by atomic mass is 9.55. The number of allylic oxidation sites excluding steroid dienone is 1. The Bertz CT molecular complexity index is 2600. The molecule has 8 rings (SSSR count). The maximum atomic E-state index is 15.0. The molecule has 1 saturated carbocycles. The van der Waals surface area contributed by atoms with Crippen LogP contribution in [-0.4, -0.2) is 77.4 Å². The van der Waals surface area contributed by atoms with Crippen LogP contribution >= 0.6 is 0 Å². The average molecular weight is 981 g/mol. The Labute approximate surface area is 423 Å². The number of fused-ring (bicyclic) bond motifs is 2. The summed E-state index contributed by atoms with van der Waals surface area (Å²) in [7, 11) is 0. The third kappa shape index (κ3) is 12.6. The number of hydrogen-bond donors (Lipinski definition) is 2. The van der Waals surface area contributed by atoms with E-state index in [1.54, 1.807) is 23.1 Å². The van der Waals surface area contributed by atoms with Gasteiger partial charge in [-0.2, -0.15) is 0 Å². The molecule has 1 heterocycles. The number of unbranched alkanes of at least 4 members (excludes halogenated alkanes) is 2. The number of halogens is 1. The van der Waals surface area contributed by atoms with Crippen LogP contribution in [0.5, 0.6) is 17.2 Å². The van der Waals surface area contributed by atoms with Crippen LogP contribution in [0.3, 0.4) is 0 Å². The van der Waals surface area contributed by atoms with E-state index in [1.807, 2.05) is 106 Å². The summed E-state index contributed by atoms with van der Waals surface area (Å²) in [5.74, 6) is -0.930. The SMILES string of the molecule is C=CCO[C@@]12Oc3ccc(Oc4ccc(-c5ccccc5)cc4)cc3[C@H]3[C@H](CCCCO)[C@@H](CCCCO)C=C(C(=NOC(C)(C)C)C[C@@H]1N(Cc1ccc(F)cc1)C(=O)OCCOCc1ccccc1)[C@H]32. The molecule has 0 radical (unpaired) electrons. The maximum absolute atomic E-state index is 15.0. The zero-order valence-electron chi connectivity index (χ0n) is 41.8. The lowest BCUT2D eigenvalue weighted by Crippen LogP contribution is -2.70. The number of amides is 1. The molecule has 5 aromatic carbocycles. The highest BCUT2D eigenvalue weighted by Crippen LogP contribution is 2.62. The second kappa shape index (κ2) is 24.4. The van der Waals surface area contributed by atoms with Gasteiger partial charge in [-0.05, 0) is 129 Å². The quantitative estimate of drug-likeness (QED) is 0.0373. The highest BCUT2D eigenvalue weighted by atomic mass is 19.1. The standard InChI is InChI=1S/C60H69FN2O9/c1-5-34-69-60-55(63(40-42-22-26-47(61)27-23-42)58(66)68-36-35-67-41-43-16-8-6-9-17-43)39-53(62-72-59(2,3)4)51-37-46(20-12-14-32-64)50(21-13-15-33-65)56(57(51)60)52-38-49(30-31-54(52)71-60)70-48-28-24-45(25-29-48)44-18-10-7-11-19-44/h5-11,16-19,22-31,37-38,46,50,55-57,64-65H,1,12-15,20-21,32-36,39-41H2,2-4H3/t46-,50+,55-,56+,57+,60+/m0/s1. The van der Waals surface area contributed by atoms with Crippen LogP contribution in [-0.2, 0) is 32.2 Å². The normalized spacial score (nSPS) is 21.7. The van der Waals surface area contributed by atoms with Crippen molar-refractivity contribution in [1.82, 2.24) is 4.90 Å².